The molecule has 0 aliphatic carbocycles. The molecule has 0 bridgehead atoms. The van der Waals surface area contributed by atoms with Gasteiger partial charge in [0.2, 0.25) is 0 Å². The third kappa shape index (κ3) is 7.18. The summed E-state index contributed by atoms with van der Waals surface area (Å²) < 4.78 is 45.0. The molecule has 0 N–H and O–H groups in total. The number of thioether (sulfide) groups is 1. The standard InChI is InChI=1S/C32H42ClN5O6S2/c1-7-22-17-23(38(34-22)27-11-8-9-15-43-27)18-45-19-25-29(21(3)36(4)35-25)30-24(33)12-13-26-28(30)20(2)31(32(39)42-5)37(26)14-10-16-44-46(6,40)41/h12-13,17,27H,7-11,14-16,18-19H2,1-6H3. The Morgan fingerprint density at radius 3 is 2.63 bits per heavy atom. The van der Waals surface area contributed by atoms with Gasteiger partial charge in [-0.05, 0) is 69.7 Å². The summed E-state index contributed by atoms with van der Waals surface area (Å²) in [6.07, 6.45) is 5.41. The first-order chi connectivity index (χ1) is 21.9. The molecule has 1 atom stereocenters. The predicted molar refractivity (Wildman–Crippen MR) is 181 cm³/mol. The zero-order chi connectivity index (χ0) is 33.2. The Kier molecular flexibility index (Phi) is 10.9. The number of ether oxygens (including phenoxy) is 2. The maximum Gasteiger partial charge on any atom is 0.354 e. The summed E-state index contributed by atoms with van der Waals surface area (Å²) in [5.74, 6) is 0.898. The Morgan fingerprint density at radius 2 is 1.96 bits per heavy atom. The quantitative estimate of drug-likeness (QED) is 0.0897. The van der Waals surface area contributed by atoms with Crippen molar-refractivity contribution in [3.8, 4) is 11.1 Å². The molecule has 1 aromatic carbocycles. The van der Waals surface area contributed by atoms with Crippen molar-refractivity contribution in [2.24, 2.45) is 7.05 Å². The third-order valence-corrected chi connectivity index (χ3v) is 10.3. The summed E-state index contributed by atoms with van der Waals surface area (Å²) in [6, 6.07) is 5.90. The fourth-order valence-corrected chi connectivity index (χ4v) is 7.77. The van der Waals surface area contributed by atoms with Crippen LogP contribution in [0.25, 0.3) is 22.0 Å². The third-order valence-electron chi connectivity index (χ3n) is 8.43. The molecule has 4 aromatic rings. The average molecular weight is 692 g/mol. The largest absolute Gasteiger partial charge is 0.464 e. The molecule has 11 nitrogen and oxygen atoms in total. The average Bonchev–Trinajstić information content (AvgIpc) is 3.66. The molecule has 46 heavy (non-hydrogen) atoms. The smallest absolute Gasteiger partial charge is 0.354 e. The van der Waals surface area contributed by atoms with Crippen molar-refractivity contribution < 1.29 is 26.9 Å². The molecule has 0 radical (unpaired) electrons. The molecule has 1 unspecified atom stereocenters. The number of methoxy groups -OCH3 is 1. The molecular formula is C32H42ClN5O6S2. The van der Waals surface area contributed by atoms with E-state index in [9.17, 15) is 13.2 Å². The number of carbonyl (C=O) groups excluding carboxylic acids is 1. The van der Waals surface area contributed by atoms with E-state index in [4.69, 9.17) is 35.5 Å². The van der Waals surface area contributed by atoms with Gasteiger partial charge >= 0.3 is 5.97 Å². The topological polar surface area (TPSA) is 119 Å². The van der Waals surface area contributed by atoms with Crippen molar-refractivity contribution >= 4 is 50.4 Å². The van der Waals surface area contributed by atoms with Gasteiger partial charge in [0.1, 0.15) is 11.9 Å². The molecular weight excluding hydrogens is 650 g/mol. The first kappa shape index (κ1) is 34.5. The Balaban J connectivity index is 1.50. The van der Waals surface area contributed by atoms with E-state index in [0.29, 0.717) is 29.4 Å². The molecule has 14 heteroatoms. The Morgan fingerprint density at radius 1 is 1.17 bits per heavy atom. The van der Waals surface area contributed by atoms with Crippen LogP contribution in [0.5, 0.6) is 0 Å². The second-order valence-corrected chi connectivity index (χ2v) is 14.6. The van der Waals surface area contributed by atoms with Gasteiger partial charge in [0.25, 0.3) is 10.1 Å². The van der Waals surface area contributed by atoms with Gasteiger partial charge in [-0.3, -0.25) is 8.86 Å². The second kappa shape index (κ2) is 14.5. The SMILES string of the molecule is CCc1cc(CSCc2nn(C)c(C)c2-c2c(Cl)ccc3c2c(C)c(C(=O)OC)n3CCCOS(C)(=O)=O)n(C2CCCCO2)n1. The van der Waals surface area contributed by atoms with Crippen LogP contribution in [0.4, 0.5) is 0 Å². The number of hydrogen-bond donors (Lipinski definition) is 0. The number of hydrogen-bond acceptors (Lipinski definition) is 9. The molecule has 1 aliphatic heterocycles. The van der Waals surface area contributed by atoms with Gasteiger partial charge in [0, 0.05) is 64.5 Å². The molecule has 1 saturated heterocycles. The van der Waals surface area contributed by atoms with Gasteiger partial charge in [-0.15, -0.1) is 11.8 Å². The van der Waals surface area contributed by atoms with Crippen molar-refractivity contribution in [1.29, 1.82) is 0 Å². The maximum atomic E-state index is 13.1. The van der Waals surface area contributed by atoms with Crippen LogP contribution in [-0.2, 0) is 55.3 Å². The molecule has 1 aliphatic rings. The minimum absolute atomic E-state index is 0.00672. The molecule has 3 aromatic heterocycles. The van der Waals surface area contributed by atoms with E-state index in [1.165, 1.54) is 7.11 Å². The highest BCUT2D eigenvalue weighted by molar-refractivity contribution is 7.97. The van der Waals surface area contributed by atoms with Crippen molar-refractivity contribution in [1.82, 2.24) is 24.1 Å². The fourth-order valence-electron chi connectivity index (χ4n) is 6.17. The van der Waals surface area contributed by atoms with E-state index in [-0.39, 0.29) is 12.8 Å². The number of rotatable bonds is 13. The van der Waals surface area contributed by atoms with Crippen LogP contribution in [0, 0.1) is 13.8 Å². The first-order valence-electron chi connectivity index (χ1n) is 15.5. The van der Waals surface area contributed by atoms with E-state index in [2.05, 4.69) is 17.7 Å². The van der Waals surface area contributed by atoms with Crippen LogP contribution in [0.3, 0.4) is 0 Å². The zero-order valence-corrected chi connectivity index (χ0v) is 29.6. The minimum Gasteiger partial charge on any atom is -0.464 e. The van der Waals surface area contributed by atoms with Gasteiger partial charge < -0.3 is 14.0 Å². The number of esters is 1. The highest BCUT2D eigenvalue weighted by atomic mass is 35.5. The van der Waals surface area contributed by atoms with Crippen molar-refractivity contribution in [3.63, 3.8) is 0 Å². The summed E-state index contributed by atoms with van der Waals surface area (Å²) in [4.78, 5) is 13.1. The van der Waals surface area contributed by atoms with Gasteiger partial charge in [0.15, 0.2) is 0 Å². The van der Waals surface area contributed by atoms with E-state index >= 15 is 0 Å². The highest BCUT2D eigenvalue weighted by Crippen LogP contribution is 2.43. The summed E-state index contributed by atoms with van der Waals surface area (Å²) in [5.41, 5.74) is 7.69. The number of carbonyl (C=O) groups is 1. The van der Waals surface area contributed by atoms with Crippen LogP contribution >= 0.6 is 23.4 Å². The minimum atomic E-state index is -3.58. The molecule has 0 saturated carbocycles. The lowest BCUT2D eigenvalue weighted by molar-refractivity contribution is -0.0409. The van der Waals surface area contributed by atoms with Gasteiger partial charge in [0.05, 0.1) is 37.1 Å². The lowest BCUT2D eigenvalue weighted by atomic mass is 9.97. The molecule has 250 valence electrons. The van der Waals surface area contributed by atoms with Crippen molar-refractivity contribution in [2.45, 2.75) is 77.2 Å². The highest BCUT2D eigenvalue weighted by Gasteiger charge is 2.28. The zero-order valence-electron chi connectivity index (χ0n) is 27.3. The van der Waals surface area contributed by atoms with Crippen LogP contribution < -0.4 is 0 Å². The summed E-state index contributed by atoms with van der Waals surface area (Å²) >= 11 is 8.75. The van der Waals surface area contributed by atoms with Crippen LogP contribution in [-0.4, -0.2) is 65.1 Å². The number of aromatic nitrogens is 5. The predicted octanol–water partition coefficient (Wildman–Crippen LogP) is 6.36. The van der Waals surface area contributed by atoms with Gasteiger partial charge in [-0.2, -0.15) is 18.6 Å². The molecule has 0 spiro atoms. The lowest BCUT2D eigenvalue weighted by Gasteiger charge is -2.24. The van der Waals surface area contributed by atoms with Crippen LogP contribution in [0.2, 0.25) is 5.02 Å². The maximum absolute atomic E-state index is 13.1. The van der Waals surface area contributed by atoms with Gasteiger partial charge in [-0.25, -0.2) is 9.48 Å². The molecule has 5 rings (SSSR count). The van der Waals surface area contributed by atoms with E-state index in [1.807, 2.05) is 42.3 Å². The normalized spacial score (nSPS) is 15.6. The van der Waals surface area contributed by atoms with Crippen molar-refractivity contribution in [2.75, 3.05) is 26.6 Å². The summed E-state index contributed by atoms with van der Waals surface area (Å²) in [6.45, 7) is 7.12. The van der Waals surface area contributed by atoms with Crippen LogP contribution in [0.1, 0.15) is 77.7 Å². The van der Waals surface area contributed by atoms with Crippen LogP contribution in [0.15, 0.2) is 18.2 Å². The second-order valence-electron chi connectivity index (χ2n) is 11.6. The fraction of sp³-hybridized carbons (Fsp3) is 0.531. The van der Waals surface area contributed by atoms with Crippen molar-refractivity contribution in [3.05, 3.63) is 57.3 Å². The van der Waals surface area contributed by atoms with Gasteiger partial charge in [-0.1, -0.05) is 18.5 Å². The molecule has 4 heterocycles. The monoisotopic (exact) mass is 691 g/mol. The number of aryl methyl sites for hydroxylation is 4. The number of benzene rings is 1. The molecule has 1 fully saturated rings. The number of fused-ring (bicyclic) bond motifs is 1. The van der Waals surface area contributed by atoms with E-state index in [0.717, 1.165) is 94.7 Å². The summed E-state index contributed by atoms with van der Waals surface area (Å²) in [5, 5.41) is 11.1. The van der Waals surface area contributed by atoms with E-state index in [1.54, 1.807) is 11.8 Å². The number of halogens is 1. The summed E-state index contributed by atoms with van der Waals surface area (Å²) in [7, 11) is -0.309. The Bertz CT molecular complexity index is 1840. The Hall–Kier alpha value is -2.84. The molecule has 0 amide bonds. The Labute approximate surface area is 279 Å². The lowest BCUT2D eigenvalue weighted by Crippen LogP contribution is -2.21. The first-order valence-corrected chi connectivity index (χ1v) is 18.8. The van der Waals surface area contributed by atoms with E-state index < -0.39 is 16.1 Å². The number of nitrogens with zero attached hydrogens (tertiary/aromatic N) is 5.